The summed E-state index contributed by atoms with van der Waals surface area (Å²) in [7, 11) is 0. The predicted molar refractivity (Wildman–Crippen MR) is 37.7 cm³/mol. The molecule has 3 heteroatoms. The lowest BCUT2D eigenvalue weighted by Gasteiger charge is -2.09. The van der Waals surface area contributed by atoms with Crippen LogP contribution in [0.4, 0.5) is 0 Å². The number of nitrogens with one attached hydrogen (secondary N) is 2. The van der Waals surface area contributed by atoms with E-state index in [9.17, 15) is 0 Å². The topological polar surface area (TPSA) is 44.3 Å². The quantitative estimate of drug-likeness (QED) is 0.285. The van der Waals surface area contributed by atoms with E-state index < -0.39 is 6.23 Å². The third-order valence-electron chi connectivity index (χ3n) is 1.03. The minimum atomic E-state index is -0.406. The Morgan fingerprint density at radius 2 is 2.11 bits per heavy atom. The van der Waals surface area contributed by atoms with Gasteiger partial charge in [-0.2, -0.15) is 0 Å². The Kier molecular flexibility index (Phi) is 5.93. The van der Waals surface area contributed by atoms with Crippen molar-refractivity contribution in [3.63, 3.8) is 0 Å². The average Bonchev–Trinajstić information content (AvgIpc) is 1.89. The Bertz CT molecular complexity index is 59.0. The van der Waals surface area contributed by atoms with Crippen LogP contribution in [-0.4, -0.2) is 17.9 Å². The fourth-order valence-electron chi connectivity index (χ4n) is 0.417. The molecule has 0 aliphatic carbocycles. The van der Waals surface area contributed by atoms with E-state index >= 15 is 0 Å². The Hall–Kier alpha value is -0.120. The van der Waals surface area contributed by atoms with Crippen LogP contribution < -0.4 is 10.9 Å². The van der Waals surface area contributed by atoms with Crippen LogP contribution >= 0.6 is 0 Å². The summed E-state index contributed by atoms with van der Waals surface area (Å²) in [6.45, 7) is 4.90. The first-order valence-corrected chi connectivity index (χ1v) is 3.47. The maximum Gasteiger partial charge on any atom is 0.116 e. The zero-order valence-electron chi connectivity index (χ0n) is 6.15. The number of rotatable bonds is 5. The number of hydrogen-bond acceptors (Lipinski definition) is 3. The molecule has 0 aromatic heterocycles. The number of hydrogen-bond donors (Lipinski definition) is 3. The van der Waals surface area contributed by atoms with Gasteiger partial charge in [-0.15, -0.1) is 0 Å². The van der Waals surface area contributed by atoms with Crippen LogP contribution in [0.25, 0.3) is 0 Å². The standard InChI is InChI=1S/C6H16N2O/c1-3-5-7-8-6(9)4-2/h6-9H,3-5H2,1-2H3. The van der Waals surface area contributed by atoms with Gasteiger partial charge in [0.1, 0.15) is 6.23 Å². The van der Waals surface area contributed by atoms with Crippen molar-refractivity contribution in [1.29, 1.82) is 0 Å². The first-order valence-electron chi connectivity index (χ1n) is 3.47. The summed E-state index contributed by atoms with van der Waals surface area (Å²) in [6.07, 6.45) is 1.40. The van der Waals surface area contributed by atoms with Gasteiger partial charge in [0.15, 0.2) is 0 Å². The third-order valence-corrected chi connectivity index (χ3v) is 1.03. The third kappa shape index (κ3) is 5.76. The molecule has 0 aliphatic heterocycles. The Labute approximate surface area is 56.4 Å². The van der Waals surface area contributed by atoms with Crippen LogP contribution in [0.5, 0.6) is 0 Å². The molecule has 0 spiro atoms. The largest absolute Gasteiger partial charge is 0.377 e. The molecule has 1 unspecified atom stereocenters. The lowest BCUT2D eigenvalue weighted by atomic mass is 10.4. The molecule has 9 heavy (non-hydrogen) atoms. The molecule has 0 aliphatic rings. The first kappa shape index (κ1) is 8.88. The average molecular weight is 132 g/mol. The summed E-state index contributed by atoms with van der Waals surface area (Å²) in [6, 6.07) is 0. The van der Waals surface area contributed by atoms with Gasteiger partial charge in [0.25, 0.3) is 0 Å². The van der Waals surface area contributed by atoms with Crippen LogP contribution in [0.3, 0.4) is 0 Å². The number of aliphatic hydroxyl groups is 1. The summed E-state index contributed by atoms with van der Waals surface area (Å²) in [5, 5.41) is 8.91. The highest BCUT2D eigenvalue weighted by Gasteiger charge is 1.94. The summed E-state index contributed by atoms with van der Waals surface area (Å²) in [4.78, 5) is 0. The van der Waals surface area contributed by atoms with Gasteiger partial charge in [-0.05, 0) is 12.8 Å². The molecular weight excluding hydrogens is 116 g/mol. The second-order valence-electron chi connectivity index (χ2n) is 2.00. The zero-order valence-corrected chi connectivity index (χ0v) is 6.15. The van der Waals surface area contributed by atoms with E-state index in [1.807, 2.05) is 6.92 Å². The molecule has 0 saturated carbocycles. The lowest BCUT2D eigenvalue weighted by molar-refractivity contribution is 0.115. The van der Waals surface area contributed by atoms with Crippen molar-refractivity contribution in [2.75, 3.05) is 6.54 Å². The Morgan fingerprint density at radius 3 is 2.56 bits per heavy atom. The van der Waals surface area contributed by atoms with Gasteiger partial charge in [0.2, 0.25) is 0 Å². The smallest absolute Gasteiger partial charge is 0.116 e. The van der Waals surface area contributed by atoms with Crippen molar-refractivity contribution in [2.24, 2.45) is 0 Å². The fourth-order valence-corrected chi connectivity index (χ4v) is 0.417. The van der Waals surface area contributed by atoms with Gasteiger partial charge in [0, 0.05) is 6.54 Å². The molecule has 0 saturated heterocycles. The van der Waals surface area contributed by atoms with Crippen molar-refractivity contribution in [2.45, 2.75) is 32.9 Å². The molecule has 0 fully saturated rings. The molecule has 0 aromatic carbocycles. The van der Waals surface area contributed by atoms with Crippen LogP contribution in [0.1, 0.15) is 26.7 Å². The zero-order chi connectivity index (χ0) is 7.11. The van der Waals surface area contributed by atoms with E-state index in [0.717, 1.165) is 19.4 Å². The first-order chi connectivity index (χ1) is 4.31. The molecule has 3 N–H and O–H groups in total. The molecule has 0 amide bonds. The van der Waals surface area contributed by atoms with Gasteiger partial charge in [-0.1, -0.05) is 13.8 Å². The van der Waals surface area contributed by atoms with Crippen molar-refractivity contribution in [3.05, 3.63) is 0 Å². The SMILES string of the molecule is CCCNNC(O)CC. The van der Waals surface area contributed by atoms with Crippen molar-refractivity contribution in [3.8, 4) is 0 Å². The highest BCUT2D eigenvalue weighted by Crippen LogP contribution is 1.79. The number of aliphatic hydroxyl groups excluding tert-OH is 1. The molecule has 0 aromatic rings. The van der Waals surface area contributed by atoms with Crippen LogP contribution in [0.15, 0.2) is 0 Å². The fraction of sp³-hybridized carbons (Fsp3) is 1.00. The van der Waals surface area contributed by atoms with Crippen LogP contribution in [-0.2, 0) is 0 Å². The monoisotopic (exact) mass is 132 g/mol. The van der Waals surface area contributed by atoms with Crippen LogP contribution in [0, 0.1) is 0 Å². The Balaban J connectivity index is 2.88. The van der Waals surface area contributed by atoms with E-state index in [1.54, 1.807) is 0 Å². The van der Waals surface area contributed by atoms with Crippen molar-refractivity contribution >= 4 is 0 Å². The number of hydrazine groups is 1. The minimum absolute atomic E-state index is 0.406. The highest BCUT2D eigenvalue weighted by atomic mass is 16.3. The summed E-state index contributed by atoms with van der Waals surface area (Å²) < 4.78 is 0. The molecule has 1 atom stereocenters. The summed E-state index contributed by atoms with van der Waals surface area (Å²) in [5.41, 5.74) is 5.62. The second kappa shape index (κ2) is 6.01. The highest BCUT2D eigenvalue weighted by molar-refractivity contribution is 4.43. The van der Waals surface area contributed by atoms with E-state index in [2.05, 4.69) is 17.8 Å². The Morgan fingerprint density at radius 1 is 1.44 bits per heavy atom. The summed E-state index contributed by atoms with van der Waals surface area (Å²) in [5.74, 6) is 0. The molecule has 0 heterocycles. The second-order valence-corrected chi connectivity index (χ2v) is 2.00. The molecule has 56 valence electrons. The maximum absolute atomic E-state index is 8.91. The molecule has 3 nitrogen and oxygen atoms in total. The van der Waals surface area contributed by atoms with Gasteiger partial charge >= 0.3 is 0 Å². The summed E-state index contributed by atoms with van der Waals surface area (Å²) >= 11 is 0. The van der Waals surface area contributed by atoms with E-state index in [-0.39, 0.29) is 0 Å². The van der Waals surface area contributed by atoms with Crippen LogP contribution in [0.2, 0.25) is 0 Å². The van der Waals surface area contributed by atoms with Gasteiger partial charge in [-0.25, -0.2) is 5.43 Å². The molecular formula is C6H16N2O. The minimum Gasteiger partial charge on any atom is -0.377 e. The van der Waals surface area contributed by atoms with Gasteiger partial charge in [0.05, 0.1) is 0 Å². The maximum atomic E-state index is 8.91. The lowest BCUT2D eigenvalue weighted by Crippen LogP contribution is -2.40. The van der Waals surface area contributed by atoms with Gasteiger partial charge < -0.3 is 5.11 Å². The van der Waals surface area contributed by atoms with E-state index in [0.29, 0.717) is 0 Å². The van der Waals surface area contributed by atoms with E-state index in [1.165, 1.54) is 0 Å². The van der Waals surface area contributed by atoms with E-state index in [4.69, 9.17) is 5.11 Å². The van der Waals surface area contributed by atoms with Gasteiger partial charge in [-0.3, -0.25) is 5.43 Å². The molecule has 0 rings (SSSR count). The predicted octanol–water partition coefficient (Wildman–Crippen LogP) is 0.219. The normalized spacial score (nSPS) is 13.7. The van der Waals surface area contributed by atoms with Crippen molar-refractivity contribution in [1.82, 2.24) is 10.9 Å². The molecule has 0 radical (unpaired) electrons. The van der Waals surface area contributed by atoms with Crippen molar-refractivity contribution < 1.29 is 5.11 Å². The molecule has 0 bridgehead atoms.